The van der Waals surface area contributed by atoms with Gasteiger partial charge in [-0.05, 0) is 26.0 Å². The molecule has 1 aromatic heterocycles. The van der Waals surface area contributed by atoms with E-state index in [9.17, 15) is 14.4 Å². The molecule has 6 heteroatoms. The van der Waals surface area contributed by atoms with Gasteiger partial charge in [-0.3, -0.25) is 14.4 Å². The number of ketones is 1. The van der Waals surface area contributed by atoms with E-state index in [0.29, 0.717) is 11.4 Å². The number of carbonyl (C=O) groups is 3. The standard InChI is InChI=1S/C15H19NO4S/c1-4-9-16-15(19)11(3)20-14(18)8-6-12(17)13-7-5-10(2)21-13/h4-5,7,11H,1,6,8-9H2,2-3H3,(H,16,19). The molecule has 1 heterocycles. The Kier molecular flexibility index (Phi) is 6.81. The van der Waals surface area contributed by atoms with Crippen LogP contribution in [-0.4, -0.2) is 30.3 Å². The first kappa shape index (κ1) is 17.1. The molecule has 0 saturated carbocycles. The van der Waals surface area contributed by atoms with Crippen molar-refractivity contribution in [1.29, 1.82) is 0 Å². The smallest absolute Gasteiger partial charge is 0.307 e. The van der Waals surface area contributed by atoms with E-state index in [0.717, 1.165) is 4.88 Å². The molecule has 1 N–H and O–H groups in total. The number of amides is 1. The average Bonchev–Trinajstić information content (AvgIpc) is 2.88. The van der Waals surface area contributed by atoms with Crippen molar-refractivity contribution in [3.05, 3.63) is 34.5 Å². The van der Waals surface area contributed by atoms with Gasteiger partial charge < -0.3 is 10.1 Å². The van der Waals surface area contributed by atoms with Crippen LogP contribution in [0.5, 0.6) is 0 Å². The fourth-order valence-electron chi connectivity index (χ4n) is 1.55. The highest BCUT2D eigenvalue weighted by molar-refractivity contribution is 7.14. The van der Waals surface area contributed by atoms with Gasteiger partial charge >= 0.3 is 5.97 Å². The summed E-state index contributed by atoms with van der Waals surface area (Å²) >= 11 is 1.40. The molecule has 0 saturated heterocycles. The fraction of sp³-hybridized carbons (Fsp3) is 0.400. The number of carbonyl (C=O) groups excluding carboxylic acids is 3. The van der Waals surface area contributed by atoms with Gasteiger partial charge in [0.15, 0.2) is 11.9 Å². The third kappa shape index (κ3) is 5.91. The summed E-state index contributed by atoms with van der Waals surface area (Å²) in [6.07, 6.45) is 0.708. The van der Waals surface area contributed by atoms with Crippen LogP contribution in [-0.2, 0) is 14.3 Å². The quantitative estimate of drug-likeness (QED) is 0.454. The van der Waals surface area contributed by atoms with Gasteiger partial charge in [0.05, 0.1) is 11.3 Å². The summed E-state index contributed by atoms with van der Waals surface area (Å²) in [7, 11) is 0. The Balaban J connectivity index is 2.35. The van der Waals surface area contributed by atoms with Crippen molar-refractivity contribution in [2.45, 2.75) is 32.8 Å². The molecule has 1 atom stereocenters. The number of hydrogen-bond donors (Lipinski definition) is 1. The van der Waals surface area contributed by atoms with E-state index in [2.05, 4.69) is 11.9 Å². The van der Waals surface area contributed by atoms with Crippen molar-refractivity contribution in [2.75, 3.05) is 6.54 Å². The van der Waals surface area contributed by atoms with Crippen LogP contribution < -0.4 is 5.32 Å². The Morgan fingerprint density at radius 2 is 2.10 bits per heavy atom. The molecule has 0 aliphatic heterocycles. The normalized spacial score (nSPS) is 11.5. The molecule has 114 valence electrons. The Labute approximate surface area is 128 Å². The van der Waals surface area contributed by atoms with E-state index >= 15 is 0 Å². The third-order valence-electron chi connectivity index (χ3n) is 2.67. The topological polar surface area (TPSA) is 72.5 Å². The van der Waals surface area contributed by atoms with Crippen molar-refractivity contribution in [3.8, 4) is 0 Å². The minimum Gasteiger partial charge on any atom is -0.453 e. The minimum absolute atomic E-state index is 0.0329. The van der Waals surface area contributed by atoms with Crippen LogP contribution in [0.2, 0.25) is 0 Å². The van der Waals surface area contributed by atoms with Gasteiger partial charge in [0.25, 0.3) is 5.91 Å². The largest absolute Gasteiger partial charge is 0.453 e. The molecule has 0 aliphatic carbocycles. The van der Waals surface area contributed by atoms with Crippen LogP contribution in [0, 0.1) is 6.92 Å². The molecule has 1 unspecified atom stereocenters. The van der Waals surface area contributed by atoms with E-state index in [1.807, 2.05) is 13.0 Å². The molecule has 0 aromatic carbocycles. The molecule has 1 amide bonds. The lowest BCUT2D eigenvalue weighted by molar-refractivity contribution is -0.154. The lowest BCUT2D eigenvalue weighted by Gasteiger charge is -2.12. The highest BCUT2D eigenvalue weighted by Gasteiger charge is 2.18. The second-order valence-electron chi connectivity index (χ2n) is 4.50. The number of aryl methyl sites for hydroxylation is 1. The number of thiophene rings is 1. The maximum absolute atomic E-state index is 11.8. The molecular formula is C15H19NO4S. The summed E-state index contributed by atoms with van der Waals surface area (Å²) in [6, 6.07) is 3.61. The molecule has 0 spiro atoms. The van der Waals surface area contributed by atoms with Gasteiger partial charge in [-0.15, -0.1) is 17.9 Å². The monoisotopic (exact) mass is 309 g/mol. The van der Waals surface area contributed by atoms with Crippen molar-refractivity contribution in [1.82, 2.24) is 5.32 Å². The number of rotatable bonds is 8. The molecule has 0 fully saturated rings. The molecule has 0 bridgehead atoms. The lowest BCUT2D eigenvalue weighted by Crippen LogP contribution is -2.35. The molecule has 21 heavy (non-hydrogen) atoms. The Morgan fingerprint density at radius 1 is 1.38 bits per heavy atom. The molecule has 5 nitrogen and oxygen atoms in total. The van der Waals surface area contributed by atoms with E-state index in [4.69, 9.17) is 4.74 Å². The van der Waals surface area contributed by atoms with Gasteiger partial charge in [0.1, 0.15) is 0 Å². The van der Waals surface area contributed by atoms with E-state index in [-0.39, 0.29) is 24.5 Å². The van der Waals surface area contributed by atoms with Gasteiger partial charge in [0, 0.05) is 17.8 Å². The zero-order valence-electron chi connectivity index (χ0n) is 12.2. The molecular weight excluding hydrogens is 290 g/mol. The summed E-state index contributed by atoms with van der Waals surface area (Å²) in [5.41, 5.74) is 0. The third-order valence-corrected chi connectivity index (χ3v) is 3.71. The molecule has 0 radical (unpaired) electrons. The SMILES string of the molecule is C=CCNC(=O)C(C)OC(=O)CCC(=O)c1ccc(C)s1. The predicted molar refractivity (Wildman–Crippen MR) is 81.4 cm³/mol. The van der Waals surface area contributed by atoms with Gasteiger partial charge in [0.2, 0.25) is 0 Å². The first-order valence-corrected chi connectivity index (χ1v) is 7.43. The number of hydrogen-bond acceptors (Lipinski definition) is 5. The van der Waals surface area contributed by atoms with E-state index < -0.39 is 12.1 Å². The highest BCUT2D eigenvalue weighted by Crippen LogP contribution is 2.17. The Bertz CT molecular complexity index is 536. The maximum atomic E-state index is 11.8. The van der Waals surface area contributed by atoms with Gasteiger partial charge in [-0.1, -0.05) is 6.08 Å². The number of ether oxygens (including phenoxy) is 1. The number of Topliss-reactive ketones (excluding diaryl/α,β-unsaturated/α-hetero) is 1. The second-order valence-corrected chi connectivity index (χ2v) is 5.79. The Hall–Kier alpha value is -1.95. The number of esters is 1. The summed E-state index contributed by atoms with van der Waals surface area (Å²) < 4.78 is 4.97. The van der Waals surface area contributed by atoms with Crippen molar-refractivity contribution in [2.24, 2.45) is 0 Å². The summed E-state index contributed by atoms with van der Waals surface area (Å²) in [6.45, 7) is 7.19. The second kappa shape index (κ2) is 8.36. The zero-order valence-corrected chi connectivity index (χ0v) is 13.0. The Morgan fingerprint density at radius 3 is 2.67 bits per heavy atom. The van der Waals surface area contributed by atoms with Crippen molar-refractivity contribution < 1.29 is 19.1 Å². The first-order valence-electron chi connectivity index (χ1n) is 6.61. The van der Waals surface area contributed by atoms with Gasteiger partial charge in [-0.2, -0.15) is 0 Å². The van der Waals surface area contributed by atoms with Crippen LogP contribution >= 0.6 is 11.3 Å². The fourth-order valence-corrected chi connectivity index (χ4v) is 2.38. The van der Waals surface area contributed by atoms with E-state index in [1.54, 1.807) is 6.07 Å². The number of nitrogens with one attached hydrogen (secondary N) is 1. The van der Waals surface area contributed by atoms with Crippen LogP contribution in [0.1, 0.15) is 34.3 Å². The average molecular weight is 309 g/mol. The highest BCUT2D eigenvalue weighted by atomic mass is 32.1. The zero-order chi connectivity index (χ0) is 15.8. The summed E-state index contributed by atoms with van der Waals surface area (Å²) in [5, 5.41) is 2.53. The van der Waals surface area contributed by atoms with Crippen LogP contribution in [0.3, 0.4) is 0 Å². The van der Waals surface area contributed by atoms with E-state index in [1.165, 1.54) is 24.3 Å². The minimum atomic E-state index is -0.878. The van der Waals surface area contributed by atoms with Crippen LogP contribution in [0.15, 0.2) is 24.8 Å². The predicted octanol–water partition coefficient (Wildman–Crippen LogP) is 2.25. The molecule has 0 aliphatic rings. The van der Waals surface area contributed by atoms with Crippen molar-refractivity contribution in [3.63, 3.8) is 0 Å². The summed E-state index contributed by atoms with van der Waals surface area (Å²) in [4.78, 5) is 36.6. The first-order chi connectivity index (χ1) is 9.93. The molecule has 1 rings (SSSR count). The molecule has 1 aromatic rings. The van der Waals surface area contributed by atoms with Crippen LogP contribution in [0.25, 0.3) is 0 Å². The summed E-state index contributed by atoms with van der Waals surface area (Å²) in [5.74, 6) is -1.03. The van der Waals surface area contributed by atoms with Crippen molar-refractivity contribution >= 4 is 29.0 Å². The lowest BCUT2D eigenvalue weighted by atomic mass is 10.2. The maximum Gasteiger partial charge on any atom is 0.307 e. The van der Waals surface area contributed by atoms with Gasteiger partial charge in [-0.25, -0.2) is 0 Å². The van der Waals surface area contributed by atoms with Crippen LogP contribution in [0.4, 0.5) is 0 Å².